The summed E-state index contributed by atoms with van der Waals surface area (Å²) in [6, 6.07) is 33.2. The Labute approximate surface area is 210 Å². The Bertz CT molecular complexity index is 1430. The van der Waals surface area contributed by atoms with Crippen molar-refractivity contribution in [3.63, 3.8) is 0 Å². The molecule has 2 aromatic heterocycles. The van der Waals surface area contributed by atoms with Crippen molar-refractivity contribution in [3.8, 4) is 22.4 Å². The van der Waals surface area contributed by atoms with Gasteiger partial charge in [-0.2, -0.15) is 0 Å². The number of hydrogen-bond acceptors (Lipinski definition) is 3. The molecule has 0 radical (unpaired) electrons. The van der Waals surface area contributed by atoms with Gasteiger partial charge < -0.3 is 9.14 Å². The van der Waals surface area contributed by atoms with E-state index in [1.807, 2.05) is 24.3 Å². The van der Waals surface area contributed by atoms with E-state index in [-0.39, 0.29) is 6.10 Å². The third kappa shape index (κ3) is 4.61. The van der Waals surface area contributed by atoms with Crippen molar-refractivity contribution in [2.75, 3.05) is 19.7 Å². The van der Waals surface area contributed by atoms with Crippen molar-refractivity contribution in [2.24, 2.45) is 0 Å². The van der Waals surface area contributed by atoms with E-state index < -0.39 is 0 Å². The number of fused-ring (bicyclic) bond motifs is 1. The summed E-state index contributed by atoms with van der Waals surface area (Å²) in [5, 5.41) is 0.726. The second-order valence-corrected chi connectivity index (χ2v) is 9.37. The van der Waals surface area contributed by atoms with Crippen LogP contribution in [0.15, 0.2) is 103 Å². The van der Waals surface area contributed by atoms with Crippen molar-refractivity contribution >= 4 is 17.2 Å². The lowest BCUT2D eigenvalue weighted by atomic mass is 10.1. The van der Waals surface area contributed by atoms with Crippen LogP contribution in [0.25, 0.3) is 28.0 Å². The van der Waals surface area contributed by atoms with Gasteiger partial charge in [-0.15, -0.1) is 0 Å². The van der Waals surface area contributed by atoms with Gasteiger partial charge in [-0.1, -0.05) is 84.4 Å². The molecule has 1 saturated heterocycles. The largest absolute Gasteiger partial charge is 0.371 e. The normalized spacial score (nSPS) is 16.5. The van der Waals surface area contributed by atoms with E-state index in [0.717, 1.165) is 41.6 Å². The lowest BCUT2D eigenvalue weighted by Crippen LogP contribution is -2.38. The Hall–Kier alpha value is -3.44. The molecule has 0 bridgehead atoms. The third-order valence-electron chi connectivity index (χ3n) is 6.64. The Morgan fingerprint density at radius 3 is 2.29 bits per heavy atom. The zero-order chi connectivity index (χ0) is 23.6. The predicted octanol–water partition coefficient (Wildman–Crippen LogP) is 6.90. The van der Waals surface area contributed by atoms with Gasteiger partial charge in [-0.05, 0) is 41.0 Å². The molecular formula is C30H26ClN3O. The van der Waals surface area contributed by atoms with Crippen LogP contribution < -0.4 is 0 Å². The van der Waals surface area contributed by atoms with Gasteiger partial charge in [0.05, 0.1) is 24.1 Å². The summed E-state index contributed by atoms with van der Waals surface area (Å²) < 4.78 is 8.38. The third-order valence-corrected chi connectivity index (χ3v) is 6.89. The molecule has 0 spiro atoms. The minimum Gasteiger partial charge on any atom is -0.371 e. The first-order chi connectivity index (χ1) is 17.2. The Morgan fingerprint density at radius 2 is 1.51 bits per heavy atom. The Balaban J connectivity index is 1.40. The quantitative estimate of drug-likeness (QED) is 0.275. The minimum atomic E-state index is 0.0722. The lowest BCUT2D eigenvalue weighted by molar-refractivity contribution is -0.0333. The Morgan fingerprint density at radius 1 is 0.800 bits per heavy atom. The van der Waals surface area contributed by atoms with E-state index >= 15 is 0 Å². The van der Waals surface area contributed by atoms with E-state index in [0.29, 0.717) is 6.61 Å². The summed E-state index contributed by atoms with van der Waals surface area (Å²) in [6.45, 7) is 3.22. The molecule has 5 heteroatoms. The van der Waals surface area contributed by atoms with E-state index in [1.165, 1.54) is 22.4 Å². The van der Waals surface area contributed by atoms with Gasteiger partial charge in [-0.3, -0.25) is 4.90 Å². The minimum absolute atomic E-state index is 0.0722. The number of aromatic nitrogens is 2. The van der Waals surface area contributed by atoms with Crippen LogP contribution in [-0.2, 0) is 11.3 Å². The summed E-state index contributed by atoms with van der Waals surface area (Å²) in [7, 11) is 0. The zero-order valence-electron chi connectivity index (χ0n) is 19.3. The number of morpholine rings is 1. The fraction of sp³-hybridized carbons (Fsp3) is 0.167. The summed E-state index contributed by atoms with van der Waals surface area (Å²) in [5.41, 5.74) is 7.77. The van der Waals surface area contributed by atoms with Gasteiger partial charge in [0.2, 0.25) is 0 Å². The molecule has 1 atom stereocenters. The van der Waals surface area contributed by atoms with Crippen LogP contribution in [0.1, 0.15) is 17.4 Å². The summed E-state index contributed by atoms with van der Waals surface area (Å²) in [5.74, 6) is 0. The fourth-order valence-electron chi connectivity index (χ4n) is 4.81. The second kappa shape index (κ2) is 9.67. The molecule has 35 heavy (non-hydrogen) atoms. The van der Waals surface area contributed by atoms with Crippen molar-refractivity contribution in [2.45, 2.75) is 12.6 Å². The number of rotatable bonds is 5. The molecule has 0 amide bonds. The number of ether oxygens (including phenoxy) is 1. The first-order valence-electron chi connectivity index (χ1n) is 12.0. The average Bonchev–Trinajstić information content (AvgIpc) is 3.27. The van der Waals surface area contributed by atoms with E-state index in [4.69, 9.17) is 21.3 Å². The van der Waals surface area contributed by atoms with Gasteiger partial charge in [0.25, 0.3) is 0 Å². The molecule has 1 aliphatic rings. The first kappa shape index (κ1) is 22.1. The number of benzene rings is 3. The predicted molar refractivity (Wildman–Crippen MR) is 141 cm³/mol. The summed E-state index contributed by atoms with van der Waals surface area (Å²) in [6.07, 6.45) is 2.28. The number of nitrogens with zero attached hydrogens (tertiary/aromatic N) is 3. The average molecular weight is 480 g/mol. The van der Waals surface area contributed by atoms with Crippen LogP contribution in [-0.4, -0.2) is 34.0 Å². The molecule has 174 valence electrons. The highest BCUT2D eigenvalue weighted by Crippen LogP contribution is 2.31. The molecule has 4 nitrogen and oxygen atoms in total. The summed E-state index contributed by atoms with van der Waals surface area (Å²) >= 11 is 6.19. The van der Waals surface area contributed by atoms with Gasteiger partial charge in [0.15, 0.2) is 0 Å². The molecule has 1 unspecified atom stereocenters. The molecule has 6 rings (SSSR count). The SMILES string of the molecule is Clc1ccc(-c2nc3ccc(-c4ccccc4)cn3c2CN2CCOC(c3ccccc3)C2)cc1. The van der Waals surface area contributed by atoms with Gasteiger partial charge in [0, 0.05) is 36.4 Å². The van der Waals surface area contributed by atoms with Crippen LogP contribution in [0.5, 0.6) is 0 Å². The van der Waals surface area contributed by atoms with Crippen molar-refractivity contribution < 1.29 is 4.74 Å². The first-order valence-corrected chi connectivity index (χ1v) is 12.3. The van der Waals surface area contributed by atoms with Gasteiger partial charge in [0.1, 0.15) is 5.65 Å². The van der Waals surface area contributed by atoms with Crippen molar-refractivity contribution in [1.29, 1.82) is 0 Å². The molecule has 0 N–H and O–H groups in total. The van der Waals surface area contributed by atoms with E-state index in [1.54, 1.807) is 0 Å². The molecule has 3 heterocycles. The molecular weight excluding hydrogens is 454 g/mol. The highest BCUT2D eigenvalue weighted by Gasteiger charge is 2.24. The molecule has 5 aromatic rings. The van der Waals surface area contributed by atoms with Crippen LogP contribution in [0.4, 0.5) is 0 Å². The topological polar surface area (TPSA) is 29.8 Å². The smallest absolute Gasteiger partial charge is 0.137 e. The van der Waals surface area contributed by atoms with Crippen molar-refractivity contribution in [3.05, 3.63) is 120 Å². The van der Waals surface area contributed by atoms with Crippen LogP contribution >= 0.6 is 11.6 Å². The molecule has 1 fully saturated rings. The number of imidazole rings is 1. The number of hydrogen-bond donors (Lipinski definition) is 0. The zero-order valence-corrected chi connectivity index (χ0v) is 20.1. The van der Waals surface area contributed by atoms with Gasteiger partial charge >= 0.3 is 0 Å². The standard InChI is InChI=1S/C30H26ClN3O/c31-26-14-11-24(12-15-26)30-27(20-33-17-18-35-28(21-33)23-9-5-2-6-10-23)34-19-25(13-16-29(34)32-30)22-7-3-1-4-8-22/h1-16,19,28H,17-18,20-21H2. The number of halogens is 1. The highest BCUT2D eigenvalue weighted by molar-refractivity contribution is 6.30. The van der Waals surface area contributed by atoms with Crippen molar-refractivity contribution in [1.82, 2.24) is 14.3 Å². The second-order valence-electron chi connectivity index (χ2n) is 8.93. The lowest BCUT2D eigenvalue weighted by Gasteiger charge is -2.33. The monoisotopic (exact) mass is 479 g/mol. The molecule has 0 saturated carbocycles. The molecule has 1 aliphatic heterocycles. The maximum Gasteiger partial charge on any atom is 0.137 e. The van der Waals surface area contributed by atoms with Crippen LogP contribution in [0.3, 0.4) is 0 Å². The van der Waals surface area contributed by atoms with Gasteiger partial charge in [-0.25, -0.2) is 4.98 Å². The highest BCUT2D eigenvalue weighted by atomic mass is 35.5. The number of pyridine rings is 1. The van der Waals surface area contributed by atoms with E-state index in [2.05, 4.69) is 88.3 Å². The maximum absolute atomic E-state index is 6.19. The fourth-order valence-corrected chi connectivity index (χ4v) is 4.94. The van der Waals surface area contributed by atoms with Crippen LogP contribution in [0, 0.1) is 0 Å². The molecule has 3 aromatic carbocycles. The summed E-state index contributed by atoms with van der Waals surface area (Å²) in [4.78, 5) is 7.52. The Kier molecular flexibility index (Phi) is 6.09. The maximum atomic E-state index is 6.19. The van der Waals surface area contributed by atoms with Crippen LogP contribution in [0.2, 0.25) is 5.02 Å². The molecule has 0 aliphatic carbocycles. The van der Waals surface area contributed by atoms with E-state index in [9.17, 15) is 0 Å².